The molecular weight excluding hydrogens is 406 g/mol. The van der Waals surface area contributed by atoms with Gasteiger partial charge in [0.05, 0.1) is 6.33 Å². The van der Waals surface area contributed by atoms with E-state index in [-0.39, 0.29) is 19.5 Å². The molecule has 9 heteroatoms. The number of hydrogen-bond donors (Lipinski definition) is 0. The summed E-state index contributed by atoms with van der Waals surface area (Å²) in [6, 6.07) is 0. The third kappa shape index (κ3) is 9.97. The summed E-state index contributed by atoms with van der Waals surface area (Å²) in [4.78, 5) is 15.7. The molecule has 0 radical (unpaired) electrons. The first kappa shape index (κ1) is 25.5. The van der Waals surface area contributed by atoms with Gasteiger partial charge in [-0.25, -0.2) is 19.9 Å². The zero-order chi connectivity index (χ0) is 20.2. The summed E-state index contributed by atoms with van der Waals surface area (Å²) in [7, 11) is 7.86. The van der Waals surface area contributed by atoms with Gasteiger partial charge in [0, 0.05) is 97.2 Å². The van der Waals surface area contributed by atoms with Crippen LogP contribution in [0, 0.1) is 20.8 Å². The van der Waals surface area contributed by atoms with Gasteiger partial charge in [0.15, 0.2) is 0 Å². The van der Waals surface area contributed by atoms with E-state index in [9.17, 15) is 0 Å². The monoisotopic (exact) mass is 434 g/mol. The first-order valence-corrected chi connectivity index (χ1v) is 8.55. The van der Waals surface area contributed by atoms with Crippen LogP contribution in [0.4, 0.5) is 0 Å². The smallest absolute Gasteiger partial charge is 0.105 e. The third-order valence-electron chi connectivity index (χ3n) is 3.82. The summed E-state index contributed by atoms with van der Waals surface area (Å²) in [6.45, 7) is 5.92. The van der Waals surface area contributed by atoms with E-state index in [1.165, 1.54) is 0 Å². The standard InChI is InChI=1S/3C5H8N2.C4H6N2.Zn/c3*1-5-6-3-4-7(5)2;1-6-3-2-5-4-6;/h3*3-4H,1-2H3;2-4H,1H3;. The summed E-state index contributed by atoms with van der Waals surface area (Å²) >= 11 is 0. The van der Waals surface area contributed by atoms with Gasteiger partial charge in [0.1, 0.15) is 17.5 Å². The largest absolute Gasteiger partial charge is 0.341 e. The van der Waals surface area contributed by atoms with E-state index in [0.29, 0.717) is 0 Å². The minimum absolute atomic E-state index is 0. The van der Waals surface area contributed by atoms with E-state index in [1.807, 2.05) is 92.0 Å². The van der Waals surface area contributed by atoms with Crippen LogP contribution in [0.3, 0.4) is 0 Å². The average molecular weight is 436 g/mol. The second-order valence-electron chi connectivity index (χ2n) is 5.98. The van der Waals surface area contributed by atoms with E-state index < -0.39 is 0 Å². The minimum Gasteiger partial charge on any atom is -0.341 e. The Morgan fingerprint density at radius 2 is 0.929 bits per heavy atom. The first-order chi connectivity index (χ1) is 12.8. The van der Waals surface area contributed by atoms with Crippen molar-refractivity contribution < 1.29 is 19.5 Å². The molecule has 148 valence electrons. The van der Waals surface area contributed by atoms with Gasteiger partial charge in [-0.1, -0.05) is 0 Å². The van der Waals surface area contributed by atoms with Crippen LogP contribution in [0.15, 0.2) is 55.9 Å². The van der Waals surface area contributed by atoms with Crippen LogP contribution >= 0.6 is 0 Å². The predicted molar refractivity (Wildman–Crippen MR) is 107 cm³/mol. The molecule has 0 unspecified atom stereocenters. The predicted octanol–water partition coefficient (Wildman–Crippen LogP) is 2.60. The van der Waals surface area contributed by atoms with Gasteiger partial charge < -0.3 is 18.3 Å². The van der Waals surface area contributed by atoms with Gasteiger partial charge in [-0.2, -0.15) is 0 Å². The van der Waals surface area contributed by atoms with Gasteiger partial charge >= 0.3 is 0 Å². The Hall–Kier alpha value is -2.54. The molecule has 8 nitrogen and oxygen atoms in total. The fourth-order valence-electron chi connectivity index (χ4n) is 1.65. The van der Waals surface area contributed by atoms with Crippen molar-refractivity contribution in [1.82, 2.24) is 38.2 Å². The van der Waals surface area contributed by atoms with Crippen LogP contribution in [0.5, 0.6) is 0 Å². The summed E-state index contributed by atoms with van der Waals surface area (Å²) < 4.78 is 7.81. The van der Waals surface area contributed by atoms with Crippen LogP contribution in [0.25, 0.3) is 0 Å². The zero-order valence-electron chi connectivity index (χ0n) is 18.0. The fraction of sp³-hybridized carbons (Fsp3) is 0.368. The molecule has 0 fully saturated rings. The molecule has 0 aliphatic heterocycles. The molecule has 0 atom stereocenters. The quantitative estimate of drug-likeness (QED) is 0.398. The van der Waals surface area contributed by atoms with Gasteiger partial charge in [0.2, 0.25) is 0 Å². The van der Waals surface area contributed by atoms with Crippen molar-refractivity contribution in [3.63, 3.8) is 0 Å². The maximum Gasteiger partial charge on any atom is 0.105 e. The maximum absolute atomic E-state index is 3.98. The van der Waals surface area contributed by atoms with Crippen molar-refractivity contribution in [1.29, 1.82) is 0 Å². The van der Waals surface area contributed by atoms with Gasteiger partial charge in [-0.15, -0.1) is 0 Å². The molecule has 0 aromatic carbocycles. The number of nitrogens with zero attached hydrogens (tertiary/aromatic N) is 8. The van der Waals surface area contributed by atoms with Crippen molar-refractivity contribution in [2.24, 2.45) is 28.2 Å². The van der Waals surface area contributed by atoms with E-state index in [1.54, 1.807) is 31.1 Å². The van der Waals surface area contributed by atoms with Crippen LogP contribution in [-0.4, -0.2) is 38.2 Å². The Balaban J connectivity index is 0.000000344. The summed E-state index contributed by atoms with van der Waals surface area (Å²) in [6.07, 6.45) is 16.5. The second-order valence-corrected chi connectivity index (χ2v) is 5.98. The van der Waals surface area contributed by atoms with Crippen LogP contribution in [0.2, 0.25) is 0 Å². The molecule has 28 heavy (non-hydrogen) atoms. The van der Waals surface area contributed by atoms with Crippen LogP contribution in [0.1, 0.15) is 17.5 Å². The minimum atomic E-state index is 0. The fourth-order valence-corrected chi connectivity index (χ4v) is 1.65. The number of hydrogen-bond acceptors (Lipinski definition) is 4. The number of aryl methyl sites for hydroxylation is 7. The SMILES string of the molecule is Cc1nccn1C.Cc1nccn1C.Cc1nccn1C.Cn1ccnc1.[Zn]. The maximum atomic E-state index is 3.98. The summed E-state index contributed by atoms with van der Waals surface area (Å²) in [5.74, 6) is 3.17. The molecular formula is C19H30N8Zn. The summed E-state index contributed by atoms with van der Waals surface area (Å²) in [5.41, 5.74) is 0. The van der Waals surface area contributed by atoms with Crippen molar-refractivity contribution in [3.05, 3.63) is 73.4 Å². The molecule has 0 N–H and O–H groups in total. The molecule has 0 saturated heterocycles. The topological polar surface area (TPSA) is 71.3 Å². The number of aromatic nitrogens is 8. The zero-order valence-corrected chi connectivity index (χ0v) is 20.9. The second kappa shape index (κ2) is 13.6. The molecule has 0 amide bonds. The molecule has 4 heterocycles. The van der Waals surface area contributed by atoms with E-state index >= 15 is 0 Å². The number of imidazole rings is 4. The summed E-state index contributed by atoms with van der Waals surface area (Å²) in [5, 5.41) is 0. The first-order valence-electron chi connectivity index (χ1n) is 8.55. The van der Waals surface area contributed by atoms with Crippen molar-refractivity contribution in [2.75, 3.05) is 0 Å². The molecule has 0 spiro atoms. The Labute approximate surface area is 180 Å². The third-order valence-corrected chi connectivity index (χ3v) is 3.82. The van der Waals surface area contributed by atoms with Crippen LogP contribution in [-0.2, 0) is 47.7 Å². The Morgan fingerprint density at radius 3 is 1.00 bits per heavy atom. The van der Waals surface area contributed by atoms with E-state index in [2.05, 4.69) is 19.9 Å². The van der Waals surface area contributed by atoms with Gasteiger partial charge in [-0.3, -0.25) is 0 Å². The molecule has 4 rings (SSSR count). The molecule has 4 aromatic heterocycles. The van der Waals surface area contributed by atoms with Gasteiger partial charge in [0.25, 0.3) is 0 Å². The Bertz CT molecular complexity index is 733. The van der Waals surface area contributed by atoms with E-state index in [4.69, 9.17) is 0 Å². The van der Waals surface area contributed by atoms with E-state index in [0.717, 1.165) is 17.5 Å². The van der Waals surface area contributed by atoms with Gasteiger partial charge in [-0.05, 0) is 20.8 Å². The van der Waals surface area contributed by atoms with Crippen molar-refractivity contribution >= 4 is 0 Å². The average Bonchev–Trinajstić information content (AvgIpc) is 3.41. The molecule has 0 bridgehead atoms. The van der Waals surface area contributed by atoms with Crippen molar-refractivity contribution in [2.45, 2.75) is 20.8 Å². The van der Waals surface area contributed by atoms with Crippen molar-refractivity contribution in [3.8, 4) is 0 Å². The molecule has 0 saturated carbocycles. The molecule has 0 aliphatic rings. The molecule has 4 aromatic rings. The number of rotatable bonds is 0. The normalized spacial score (nSPS) is 8.96. The van der Waals surface area contributed by atoms with Crippen LogP contribution < -0.4 is 0 Å². The molecule has 0 aliphatic carbocycles. The Kier molecular flexibility index (Phi) is 12.4. The Morgan fingerprint density at radius 1 is 0.571 bits per heavy atom.